The summed E-state index contributed by atoms with van der Waals surface area (Å²) in [6.45, 7) is 7.50. The number of hydrogen-bond donors (Lipinski definition) is 1. The Morgan fingerprint density at radius 3 is 2.69 bits per heavy atom. The molecule has 2 aliphatic rings. The second kappa shape index (κ2) is 7.22. The molecule has 1 N–H and O–H groups in total. The number of ether oxygens (including phenoxy) is 2. The van der Waals surface area contributed by atoms with Crippen LogP contribution in [0.1, 0.15) is 36.2 Å². The number of Topliss-reactive ketones (excluding diaryl/α,β-unsaturated/α-hetero) is 2. The first-order chi connectivity index (χ1) is 13.6. The first-order valence-corrected chi connectivity index (χ1v) is 9.41. The maximum atomic E-state index is 13.9. The van der Waals surface area contributed by atoms with Crippen molar-refractivity contribution in [2.24, 2.45) is 22.7 Å². The van der Waals surface area contributed by atoms with Gasteiger partial charge in [-0.1, -0.05) is 25.1 Å². The van der Waals surface area contributed by atoms with Crippen LogP contribution < -0.4 is 4.74 Å². The average molecular weight is 400 g/mol. The molecule has 1 heterocycles. The number of ketones is 2. The van der Waals surface area contributed by atoms with Crippen LogP contribution in [0.5, 0.6) is 5.75 Å². The summed E-state index contributed by atoms with van der Waals surface area (Å²) in [5.41, 5.74) is -2.25. The molecule has 1 aromatic carbocycles. The molecule has 154 valence electrons. The molecule has 1 aliphatic carbocycles. The van der Waals surface area contributed by atoms with Gasteiger partial charge in [0.05, 0.1) is 18.1 Å². The number of fused-ring (bicyclic) bond motifs is 1. The smallest absolute Gasteiger partial charge is 0.327 e. The van der Waals surface area contributed by atoms with Crippen molar-refractivity contribution in [2.75, 3.05) is 13.2 Å². The zero-order valence-corrected chi connectivity index (χ0v) is 16.7. The Labute approximate surface area is 168 Å². The number of aliphatic hydroxyl groups is 1. The summed E-state index contributed by atoms with van der Waals surface area (Å²) in [7, 11) is 0. The van der Waals surface area contributed by atoms with Crippen LogP contribution in [0, 0.1) is 29.6 Å². The van der Waals surface area contributed by atoms with Crippen LogP contribution in [-0.4, -0.2) is 41.8 Å². The van der Waals surface area contributed by atoms with Crippen molar-refractivity contribution in [2.45, 2.75) is 27.2 Å². The molecule has 1 aliphatic heterocycles. The predicted molar refractivity (Wildman–Crippen MR) is 102 cm³/mol. The maximum absolute atomic E-state index is 13.9. The Hall–Kier alpha value is -2.80. The Morgan fingerprint density at radius 2 is 2.10 bits per heavy atom. The van der Waals surface area contributed by atoms with E-state index in [1.54, 1.807) is 26.0 Å². The summed E-state index contributed by atoms with van der Waals surface area (Å²) in [4.78, 5) is 51.6. The largest absolute Gasteiger partial charge is 0.465 e. The zero-order chi connectivity index (χ0) is 21.6. The summed E-state index contributed by atoms with van der Waals surface area (Å²) in [6.07, 6.45) is 1.33. The van der Waals surface area contributed by atoms with Gasteiger partial charge in [-0.2, -0.15) is 0 Å². The second-order valence-electron chi connectivity index (χ2n) is 7.96. The Kier molecular flexibility index (Phi) is 5.21. The highest BCUT2D eigenvalue weighted by Gasteiger charge is 2.73. The Bertz CT molecular complexity index is 918. The van der Waals surface area contributed by atoms with E-state index in [0.29, 0.717) is 5.56 Å². The summed E-state index contributed by atoms with van der Waals surface area (Å²) >= 11 is 0. The third-order valence-corrected chi connectivity index (χ3v) is 6.26. The van der Waals surface area contributed by atoms with Gasteiger partial charge in [-0.15, -0.1) is 6.58 Å². The lowest BCUT2D eigenvalue weighted by Crippen LogP contribution is -2.58. The highest BCUT2D eigenvalue weighted by atomic mass is 16.5. The van der Waals surface area contributed by atoms with Crippen LogP contribution in [0.15, 0.2) is 30.9 Å². The van der Waals surface area contributed by atoms with E-state index in [1.165, 1.54) is 19.1 Å². The van der Waals surface area contributed by atoms with E-state index in [-0.39, 0.29) is 30.1 Å². The molecule has 0 unspecified atom stereocenters. The number of rotatable bonds is 5. The lowest BCUT2D eigenvalue weighted by Gasteiger charge is -2.45. The minimum atomic E-state index is -1.89. The molecule has 0 amide bonds. The van der Waals surface area contributed by atoms with E-state index in [2.05, 4.69) is 6.58 Å². The number of hydrogen-bond acceptors (Lipinski definition) is 7. The van der Waals surface area contributed by atoms with Gasteiger partial charge in [0, 0.05) is 31.3 Å². The molecule has 4 atom stereocenters. The molecule has 0 saturated heterocycles. The standard InChI is InChI=1S/C22H24O7/c1-5-21(4)9-15(25)18(14(10-23)11-28-13(3)24)22(21)19(26)17-12(2)7-6-8-16(17)29-20(22)27/h5-8,14,18,23H,1,9-11H2,2-4H3/t14-,18-,21-,22-/m1/s1. The third kappa shape index (κ3) is 2.83. The molecular formula is C22H24O7. The van der Waals surface area contributed by atoms with Crippen LogP contribution >= 0.6 is 0 Å². The van der Waals surface area contributed by atoms with Gasteiger partial charge in [-0.3, -0.25) is 19.2 Å². The molecule has 7 heteroatoms. The van der Waals surface area contributed by atoms with Gasteiger partial charge >= 0.3 is 11.9 Å². The quantitative estimate of drug-likeness (QED) is 0.349. The lowest BCUT2D eigenvalue weighted by molar-refractivity contribution is -0.156. The molecule has 29 heavy (non-hydrogen) atoms. The van der Waals surface area contributed by atoms with E-state index < -0.39 is 47.0 Å². The fourth-order valence-electron chi connectivity index (χ4n) is 4.78. The van der Waals surface area contributed by atoms with Gasteiger partial charge in [-0.25, -0.2) is 0 Å². The van der Waals surface area contributed by atoms with E-state index in [4.69, 9.17) is 9.47 Å². The lowest BCUT2D eigenvalue weighted by atomic mass is 9.56. The van der Waals surface area contributed by atoms with Gasteiger partial charge in [0.1, 0.15) is 11.5 Å². The van der Waals surface area contributed by atoms with Crippen molar-refractivity contribution in [3.05, 3.63) is 42.0 Å². The van der Waals surface area contributed by atoms with Crippen LogP contribution in [0.3, 0.4) is 0 Å². The fourth-order valence-corrected chi connectivity index (χ4v) is 4.78. The van der Waals surface area contributed by atoms with E-state index >= 15 is 0 Å². The first-order valence-electron chi connectivity index (χ1n) is 9.41. The van der Waals surface area contributed by atoms with Crippen molar-refractivity contribution in [1.29, 1.82) is 0 Å². The predicted octanol–water partition coefficient (Wildman–Crippen LogP) is 2.04. The summed E-state index contributed by atoms with van der Waals surface area (Å²) < 4.78 is 10.6. The normalized spacial score (nSPS) is 29.4. The molecule has 0 radical (unpaired) electrons. The summed E-state index contributed by atoms with van der Waals surface area (Å²) in [6, 6.07) is 4.93. The second-order valence-corrected chi connectivity index (χ2v) is 7.96. The van der Waals surface area contributed by atoms with Crippen molar-refractivity contribution in [1.82, 2.24) is 0 Å². The summed E-state index contributed by atoms with van der Waals surface area (Å²) in [5.74, 6) is -4.33. The zero-order valence-electron chi connectivity index (χ0n) is 16.7. The topological polar surface area (TPSA) is 107 Å². The third-order valence-electron chi connectivity index (χ3n) is 6.26. The van der Waals surface area contributed by atoms with E-state index in [9.17, 15) is 24.3 Å². The van der Waals surface area contributed by atoms with E-state index in [1.807, 2.05) is 0 Å². The number of aliphatic hydroxyl groups excluding tert-OH is 1. The van der Waals surface area contributed by atoms with Crippen LogP contribution in [-0.2, 0) is 19.1 Å². The number of carbonyl (C=O) groups is 4. The fraction of sp³-hybridized carbons (Fsp3) is 0.455. The van der Waals surface area contributed by atoms with Crippen molar-refractivity contribution in [3.63, 3.8) is 0 Å². The molecular weight excluding hydrogens is 376 g/mol. The number of aryl methyl sites for hydroxylation is 1. The molecule has 7 nitrogen and oxygen atoms in total. The molecule has 1 fully saturated rings. The van der Waals surface area contributed by atoms with Crippen molar-refractivity contribution in [3.8, 4) is 5.75 Å². The number of allylic oxidation sites excluding steroid dienone is 1. The Morgan fingerprint density at radius 1 is 1.41 bits per heavy atom. The highest BCUT2D eigenvalue weighted by Crippen LogP contribution is 2.61. The van der Waals surface area contributed by atoms with Gasteiger partial charge in [-0.05, 0) is 18.6 Å². The molecule has 0 aromatic heterocycles. The minimum absolute atomic E-state index is 0.111. The first kappa shape index (κ1) is 20.9. The average Bonchev–Trinajstić information content (AvgIpc) is 2.89. The monoisotopic (exact) mass is 400 g/mol. The summed E-state index contributed by atoms with van der Waals surface area (Å²) in [5, 5.41) is 9.96. The van der Waals surface area contributed by atoms with Crippen LogP contribution in [0.2, 0.25) is 0 Å². The molecule has 1 saturated carbocycles. The van der Waals surface area contributed by atoms with Gasteiger partial charge in [0.15, 0.2) is 11.2 Å². The highest BCUT2D eigenvalue weighted by molar-refractivity contribution is 6.22. The van der Waals surface area contributed by atoms with Gasteiger partial charge in [0.25, 0.3) is 0 Å². The van der Waals surface area contributed by atoms with E-state index in [0.717, 1.165) is 0 Å². The van der Waals surface area contributed by atoms with Gasteiger partial charge in [0.2, 0.25) is 0 Å². The molecule has 0 bridgehead atoms. The number of carbonyl (C=O) groups excluding carboxylic acids is 4. The molecule has 3 rings (SSSR count). The van der Waals surface area contributed by atoms with Crippen molar-refractivity contribution < 1.29 is 33.8 Å². The SMILES string of the molecule is C=C[C@]1(C)CC(=O)[C@@H]([C@H](CO)COC(C)=O)[C@@]12C(=O)Oc1cccc(C)c1C2=O. The Balaban J connectivity index is 2.25. The molecule has 1 aromatic rings. The minimum Gasteiger partial charge on any atom is -0.465 e. The van der Waals surface area contributed by atoms with Crippen molar-refractivity contribution >= 4 is 23.5 Å². The van der Waals surface area contributed by atoms with Crippen LogP contribution in [0.4, 0.5) is 0 Å². The van der Waals surface area contributed by atoms with Crippen LogP contribution in [0.25, 0.3) is 0 Å². The molecule has 1 spiro atoms. The van der Waals surface area contributed by atoms with Gasteiger partial charge < -0.3 is 14.6 Å². The number of benzene rings is 1. The number of esters is 2. The maximum Gasteiger partial charge on any atom is 0.327 e.